The van der Waals surface area contributed by atoms with Crippen LogP contribution in [0.15, 0.2) is 60.9 Å². The van der Waals surface area contributed by atoms with Gasteiger partial charge in [-0.1, -0.05) is 41.4 Å². The lowest BCUT2D eigenvalue weighted by molar-refractivity contribution is 0.0950. The van der Waals surface area contributed by atoms with Crippen LogP contribution in [0.5, 0.6) is 0 Å². The lowest BCUT2D eigenvalue weighted by atomic mass is 10.1. The molecule has 26 heavy (non-hydrogen) atoms. The second-order valence-corrected chi connectivity index (χ2v) is 6.65. The van der Waals surface area contributed by atoms with Gasteiger partial charge in [0.25, 0.3) is 5.91 Å². The molecule has 0 saturated carbocycles. The third-order valence-corrected chi connectivity index (χ3v) is 4.28. The van der Waals surface area contributed by atoms with Gasteiger partial charge in [-0.15, -0.1) is 0 Å². The number of amides is 1. The third-order valence-electron chi connectivity index (χ3n) is 4.04. The summed E-state index contributed by atoms with van der Waals surface area (Å²) in [7, 11) is 0. The van der Waals surface area contributed by atoms with Gasteiger partial charge >= 0.3 is 0 Å². The molecule has 0 fully saturated rings. The van der Waals surface area contributed by atoms with Crippen molar-refractivity contribution in [3.63, 3.8) is 0 Å². The van der Waals surface area contributed by atoms with Crippen molar-refractivity contribution >= 4 is 28.9 Å². The predicted molar refractivity (Wildman–Crippen MR) is 106 cm³/mol. The Bertz CT molecular complexity index is 923. The fraction of sp³-hybridized carbons (Fsp3) is 0.143. The zero-order chi connectivity index (χ0) is 18.5. The Kier molecular flexibility index (Phi) is 5.54. The average molecular weight is 366 g/mol. The standard InChI is InChI=1S/C21H20ClN3O/c1-14-3-5-16(6-4-14)11-24-21(26)17-10-19(13-23-12-17)25-20-8-7-18(22)9-15(20)2/h3-10,12-13,25H,11H2,1-2H3,(H,24,26). The molecule has 0 unspecified atom stereocenters. The number of anilines is 2. The van der Waals surface area contributed by atoms with Crippen LogP contribution in [0.1, 0.15) is 27.0 Å². The number of nitrogens with zero attached hydrogens (tertiary/aromatic N) is 1. The van der Waals surface area contributed by atoms with Crippen LogP contribution in [-0.4, -0.2) is 10.9 Å². The molecule has 0 saturated heterocycles. The molecule has 0 aliphatic rings. The molecule has 4 nitrogen and oxygen atoms in total. The van der Waals surface area contributed by atoms with Crippen LogP contribution in [0.25, 0.3) is 0 Å². The Hall–Kier alpha value is -2.85. The Morgan fingerprint density at radius 2 is 1.81 bits per heavy atom. The second-order valence-electron chi connectivity index (χ2n) is 6.21. The smallest absolute Gasteiger partial charge is 0.253 e. The summed E-state index contributed by atoms with van der Waals surface area (Å²) in [6, 6.07) is 15.5. The van der Waals surface area contributed by atoms with E-state index in [4.69, 9.17) is 11.6 Å². The molecule has 0 spiro atoms. The van der Waals surface area contributed by atoms with E-state index in [1.807, 2.05) is 56.3 Å². The van der Waals surface area contributed by atoms with Crippen molar-refractivity contribution in [1.29, 1.82) is 0 Å². The predicted octanol–water partition coefficient (Wildman–Crippen LogP) is 5.03. The molecule has 0 aliphatic heterocycles. The number of nitrogens with one attached hydrogen (secondary N) is 2. The summed E-state index contributed by atoms with van der Waals surface area (Å²) >= 11 is 5.99. The van der Waals surface area contributed by atoms with Crippen LogP contribution in [-0.2, 0) is 6.54 Å². The lowest BCUT2D eigenvalue weighted by Gasteiger charge is -2.11. The van der Waals surface area contributed by atoms with E-state index in [0.717, 1.165) is 22.5 Å². The van der Waals surface area contributed by atoms with Crippen LogP contribution in [0, 0.1) is 13.8 Å². The van der Waals surface area contributed by atoms with Crippen LogP contribution >= 0.6 is 11.6 Å². The number of hydrogen-bond acceptors (Lipinski definition) is 3. The number of halogens is 1. The highest BCUT2D eigenvalue weighted by atomic mass is 35.5. The number of benzene rings is 2. The van der Waals surface area contributed by atoms with Crippen molar-refractivity contribution in [2.45, 2.75) is 20.4 Å². The fourth-order valence-corrected chi connectivity index (χ4v) is 2.77. The quantitative estimate of drug-likeness (QED) is 0.667. The second kappa shape index (κ2) is 8.02. The van der Waals surface area contributed by atoms with E-state index < -0.39 is 0 Å². The Labute approximate surface area is 158 Å². The minimum Gasteiger partial charge on any atom is -0.354 e. The first kappa shape index (κ1) is 18.0. The van der Waals surface area contributed by atoms with Gasteiger partial charge in [-0.2, -0.15) is 0 Å². The molecular weight excluding hydrogens is 346 g/mol. The lowest BCUT2D eigenvalue weighted by Crippen LogP contribution is -2.23. The maximum atomic E-state index is 12.4. The monoisotopic (exact) mass is 365 g/mol. The highest BCUT2D eigenvalue weighted by molar-refractivity contribution is 6.30. The van der Waals surface area contributed by atoms with E-state index in [1.54, 1.807) is 18.5 Å². The van der Waals surface area contributed by atoms with Gasteiger partial charge in [0.2, 0.25) is 0 Å². The number of aromatic nitrogens is 1. The van der Waals surface area contributed by atoms with Gasteiger partial charge in [-0.3, -0.25) is 9.78 Å². The fourth-order valence-electron chi connectivity index (χ4n) is 2.55. The first-order valence-corrected chi connectivity index (χ1v) is 8.71. The normalized spacial score (nSPS) is 10.4. The number of hydrogen-bond donors (Lipinski definition) is 2. The molecule has 2 aromatic carbocycles. The van der Waals surface area contributed by atoms with Crippen LogP contribution in [0.4, 0.5) is 11.4 Å². The molecule has 2 N–H and O–H groups in total. The average Bonchev–Trinajstić information content (AvgIpc) is 2.63. The summed E-state index contributed by atoms with van der Waals surface area (Å²) < 4.78 is 0. The van der Waals surface area contributed by atoms with Gasteiger partial charge in [-0.05, 0) is 49.2 Å². The molecule has 1 aromatic heterocycles. The van der Waals surface area contributed by atoms with Crippen LogP contribution in [0.3, 0.4) is 0 Å². The Morgan fingerprint density at radius 3 is 2.54 bits per heavy atom. The minimum absolute atomic E-state index is 0.158. The molecule has 1 amide bonds. The molecule has 0 bridgehead atoms. The van der Waals surface area contributed by atoms with Crippen LogP contribution < -0.4 is 10.6 Å². The van der Waals surface area contributed by atoms with Gasteiger partial charge in [0.05, 0.1) is 17.4 Å². The largest absolute Gasteiger partial charge is 0.354 e. The van der Waals surface area contributed by atoms with Gasteiger partial charge in [0.1, 0.15) is 0 Å². The van der Waals surface area contributed by atoms with Crippen molar-refractivity contribution in [1.82, 2.24) is 10.3 Å². The highest BCUT2D eigenvalue weighted by Gasteiger charge is 2.08. The number of carbonyl (C=O) groups is 1. The van der Waals surface area contributed by atoms with E-state index in [-0.39, 0.29) is 5.91 Å². The Balaban J connectivity index is 1.68. The number of rotatable bonds is 5. The summed E-state index contributed by atoms with van der Waals surface area (Å²) in [5, 5.41) is 6.88. The van der Waals surface area contributed by atoms with E-state index in [9.17, 15) is 4.79 Å². The summed E-state index contributed by atoms with van der Waals surface area (Å²) in [6.07, 6.45) is 3.25. The number of pyridine rings is 1. The minimum atomic E-state index is -0.158. The zero-order valence-electron chi connectivity index (χ0n) is 14.7. The molecule has 132 valence electrons. The van der Waals surface area contributed by atoms with Crippen LogP contribution in [0.2, 0.25) is 5.02 Å². The van der Waals surface area contributed by atoms with E-state index in [1.165, 1.54) is 5.56 Å². The van der Waals surface area contributed by atoms with Gasteiger partial charge < -0.3 is 10.6 Å². The SMILES string of the molecule is Cc1ccc(CNC(=O)c2cncc(Nc3ccc(Cl)cc3C)c2)cc1. The first-order chi connectivity index (χ1) is 12.5. The summed E-state index contributed by atoms with van der Waals surface area (Å²) in [6.45, 7) is 4.49. The van der Waals surface area contributed by atoms with E-state index in [0.29, 0.717) is 17.1 Å². The number of aryl methyl sites for hydroxylation is 2. The van der Waals surface area contributed by atoms with Gasteiger partial charge in [0.15, 0.2) is 0 Å². The van der Waals surface area contributed by atoms with Crippen molar-refractivity contribution in [2.75, 3.05) is 5.32 Å². The summed E-state index contributed by atoms with van der Waals surface area (Å²) in [5.74, 6) is -0.158. The first-order valence-electron chi connectivity index (χ1n) is 8.33. The maximum Gasteiger partial charge on any atom is 0.253 e. The van der Waals surface area contributed by atoms with Crippen molar-refractivity contribution in [3.8, 4) is 0 Å². The summed E-state index contributed by atoms with van der Waals surface area (Å²) in [5.41, 5.74) is 5.45. The van der Waals surface area contributed by atoms with Crippen molar-refractivity contribution < 1.29 is 4.79 Å². The number of carbonyl (C=O) groups excluding carboxylic acids is 1. The molecule has 3 aromatic rings. The molecule has 0 atom stereocenters. The topological polar surface area (TPSA) is 54.0 Å². The van der Waals surface area contributed by atoms with Gasteiger partial charge in [0, 0.05) is 23.5 Å². The maximum absolute atomic E-state index is 12.4. The van der Waals surface area contributed by atoms with E-state index >= 15 is 0 Å². The molecule has 0 radical (unpaired) electrons. The molecule has 5 heteroatoms. The van der Waals surface area contributed by atoms with Gasteiger partial charge in [-0.25, -0.2) is 0 Å². The molecular formula is C21H20ClN3O. The Morgan fingerprint density at radius 1 is 1.04 bits per heavy atom. The highest BCUT2D eigenvalue weighted by Crippen LogP contribution is 2.23. The van der Waals surface area contributed by atoms with Crippen molar-refractivity contribution in [2.24, 2.45) is 0 Å². The molecule has 1 heterocycles. The summed E-state index contributed by atoms with van der Waals surface area (Å²) in [4.78, 5) is 16.6. The zero-order valence-corrected chi connectivity index (χ0v) is 15.5. The van der Waals surface area contributed by atoms with E-state index in [2.05, 4.69) is 15.6 Å². The molecule has 3 rings (SSSR count). The molecule has 0 aliphatic carbocycles. The third kappa shape index (κ3) is 4.61. The van der Waals surface area contributed by atoms with Crippen molar-refractivity contribution in [3.05, 3.63) is 88.2 Å².